The molecular weight excluding hydrogens is 314 g/mol. The van der Waals surface area contributed by atoms with E-state index >= 15 is 0 Å². The van der Waals surface area contributed by atoms with Crippen LogP contribution in [0.5, 0.6) is 0 Å². The molecule has 0 aliphatic carbocycles. The minimum Gasteiger partial charge on any atom is -0.469 e. The first-order valence-electron chi connectivity index (χ1n) is 9.10. The molecule has 0 aromatic carbocycles. The molecule has 0 atom stereocenters. The highest BCUT2D eigenvalue weighted by molar-refractivity contribution is 5.79. The molecule has 2 rings (SSSR count). The molecule has 0 amide bonds. The lowest BCUT2D eigenvalue weighted by Gasteiger charge is -2.13. The quantitative estimate of drug-likeness (QED) is 0.417. The van der Waals surface area contributed by atoms with Gasteiger partial charge in [-0.25, -0.2) is 0 Å². The molecule has 0 radical (unpaired) electrons. The van der Waals surface area contributed by atoms with E-state index in [0.717, 1.165) is 56.4 Å². The molecule has 6 nitrogen and oxygen atoms in total. The highest BCUT2D eigenvalue weighted by atomic mass is 16.3. The number of guanidine groups is 1. The minimum absolute atomic E-state index is 0.540. The Labute approximate surface area is 150 Å². The van der Waals surface area contributed by atoms with Gasteiger partial charge in [-0.15, -0.1) is 0 Å². The smallest absolute Gasteiger partial charge is 0.191 e. The van der Waals surface area contributed by atoms with Crippen molar-refractivity contribution in [1.29, 1.82) is 0 Å². The fraction of sp³-hybridized carbons (Fsp3) is 0.579. The van der Waals surface area contributed by atoms with Crippen LogP contribution in [-0.2, 0) is 13.0 Å². The van der Waals surface area contributed by atoms with Crippen molar-refractivity contribution in [2.75, 3.05) is 19.6 Å². The zero-order valence-electron chi connectivity index (χ0n) is 15.9. The Balaban J connectivity index is 1.75. The predicted octanol–water partition coefficient (Wildman–Crippen LogP) is 2.92. The number of aliphatic imine (C=N–C) groups is 1. The Hall–Kier alpha value is -2.24. The summed E-state index contributed by atoms with van der Waals surface area (Å²) in [5.41, 5.74) is 2.28. The van der Waals surface area contributed by atoms with E-state index < -0.39 is 0 Å². The van der Waals surface area contributed by atoms with Crippen LogP contribution in [0, 0.1) is 19.8 Å². The molecule has 0 aliphatic heterocycles. The first-order chi connectivity index (χ1) is 12.0. The number of aromatic nitrogens is 2. The molecule has 0 saturated carbocycles. The second-order valence-corrected chi connectivity index (χ2v) is 6.77. The third-order valence-electron chi connectivity index (χ3n) is 3.80. The summed E-state index contributed by atoms with van der Waals surface area (Å²) in [6.45, 7) is 11.9. The monoisotopic (exact) mass is 345 g/mol. The van der Waals surface area contributed by atoms with E-state index in [1.54, 1.807) is 6.26 Å². The van der Waals surface area contributed by atoms with Crippen molar-refractivity contribution in [1.82, 2.24) is 20.4 Å². The van der Waals surface area contributed by atoms with Gasteiger partial charge in [0.1, 0.15) is 5.76 Å². The minimum atomic E-state index is 0.540. The Morgan fingerprint density at radius 2 is 2.08 bits per heavy atom. The van der Waals surface area contributed by atoms with Crippen LogP contribution in [0.2, 0.25) is 0 Å². The standard InChI is InChI=1S/C19H31N5O/c1-15(2)14-22-19(21-10-8-18-7-5-12-25-18)20-9-6-11-24-17(4)13-16(3)23-24/h5,7,12-13,15H,6,8-11,14H2,1-4H3,(H2,20,21,22). The molecule has 6 heteroatoms. The summed E-state index contributed by atoms with van der Waals surface area (Å²) in [4.78, 5) is 4.65. The summed E-state index contributed by atoms with van der Waals surface area (Å²) in [5, 5.41) is 11.3. The average molecular weight is 345 g/mol. The van der Waals surface area contributed by atoms with Crippen LogP contribution in [0.15, 0.2) is 33.9 Å². The lowest BCUT2D eigenvalue weighted by atomic mass is 10.2. The lowest BCUT2D eigenvalue weighted by molar-refractivity contribution is 0.506. The molecular formula is C19H31N5O. The van der Waals surface area contributed by atoms with E-state index in [1.165, 1.54) is 5.69 Å². The second kappa shape index (κ2) is 9.91. The molecule has 0 unspecified atom stereocenters. The number of hydrogen-bond donors (Lipinski definition) is 2. The first kappa shape index (κ1) is 19.1. The molecule has 0 aliphatic rings. The van der Waals surface area contributed by atoms with E-state index in [-0.39, 0.29) is 0 Å². The molecule has 2 aromatic rings. The molecule has 0 bridgehead atoms. The molecule has 0 fully saturated rings. The van der Waals surface area contributed by atoms with Gasteiger partial charge in [0.25, 0.3) is 0 Å². The van der Waals surface area contributed by atoms with Crippen molar-refractivity contribution in [2.24, 2.45) is 10.9 Å². The van der Waals surface area contributed by atoms with Crippen molar-refractivity contribution < 1.29 is 4.42 Å². The van der Waals surface area contributed by atoms with Crippen molar-refractivity contribution >= 4 is 5.96 Å². The fourth-order valence-electron chi connectivity index (χ4n) is 2.54. The van der Waals surface area contributed by atoms with Crippen LogP contribution in [0.1, 0.15) is 37.4 Å². The van der Waals surface area contributed by atoms with Crippen molar-refractivity contribution in [3.05, 3.63) is 41.6 Å². The average Bonchev–Trinajstić information content (AvgIpc) is 3.18. The molecule has 138 valence electrons. The van der Waals surface area contributed by atoms with Crippen LogP contribution in [-0.4, -0.2) is 35.4 Å². The molecule has 2 heterocycles. The molecule has 2 N–H and O–H groups in total. The Morgan fingerprint density at radius 1 is 1.28 bits per heavy atom. The summed E-state index contributed by atoms with van der Waals surface area (Å²) in [7, 11) is 0. The number of hydrogen-bond acceptors (Lipinski definition) is 3. The third-order valence-corrected chi connectivity index (χ3v) is 3.80. The van der Waals surface area contributed by atoms with Gasteiger partial charge in [0.05, 0.1) is 12.0 Å². The van der Waals surface area contributed by atoms with Crippen molar-refractivity contribution in [3.63, 3.8) is 0 Å². The topological polar surface area (TPSA) is 67.4 Å². The summed E-state index contributed by atoms with van der Waals surface area (Å²) in [6.07, 6.45) is 3.56. The van der Waals surface area contributed by atoms with E-state index in [0.29, 0.717) is 5.92 Å². The van der Waals surface area contributed by atoms with Gasteiger partial charge in [-0.2, -0.15) is 5.10 Å². The van der Waals surface area contributed by atoms with Crippen LogP contribution in [0.3, 0.4) is 0 Å². The lowest BCUT2D eigenvalue weighted by Crippen LogP contribution is -2.39. The van der Waals surface area contributed by atoms with E-state index in [2.05, 4.69) is 52.2 Å². The number of rotatable bonds is 9. The largest absolute Gasteiger partial charge is 0.469 e. The second-order valence-electron chi connectivity index (χ2n) is 6.77. The first-order valence-corrected chi connectivity index (χ1v) is 9.10. The van der Waals surface area contributed by atoms with E-state index in [1.807, 2.05) is 19.1 Å². The van der Waals surface area contributed by atoms with Gasteiger partial charge in [0.15, 0.2) is 5.96 Å². The van der Waals surface area contributed by atoms with Crippen molar-refractivity contribution in [2.45, 2.75) is 47.1 Å². The van der Waals surface area contributed by atoms with Gasteiger partial charge in [-0.3, -0.25) is 9.67 Å². The van der Waals surface area contributed by atoms with Gasteiger partial charge < -0.3 is 15.1 Å². The maximum Gasteiger partial charge on any atom is 0.191 e. The highest BCUT2D eigenvalue weighted by Crippen LogP contribution is 2.02. The maximum atomic E-state index is 5.36. The van der Waals surface area contributed by atoms with Crippen LogP contribution in [0.25, 0.3) is 0 Å². The van der Waals surface area contributed by atoms with Gasteiger partial charge in [-0.05, 0) is 44.4 Å². The Morgan fingerprint density at radius 3 is 2.72 bits per heavy atom. The van der Waals surface area contributed by atoms with Crippen LogP contribution in [0.4, 0.5) is 0 Å². The van der Waals surface area contributed by atoms with Crippen LogP contribution < -0.4 is 10.6 Å². The molecule has 25 heavy (non-hydrogen) atoms. The van der Waals surface area contributed by atoms with Gasteiger partial charge in [-0.1, -0.05) is 13.8 Å². The zero-order chi connectivity index (χ0) is 18.1. The fourth-order valence-corrected chi connectivity index (χ4v) is 2.54. The normalized spacial score (nSPS) is 12.0. The van der Waals surface area contributed by atoms with E-state index in [4.69, 9.17) is 4.42 Å². The maximum absolute atomic E-state index is 5.36. The number of nitrogens with zero attached hydrogens (tertiary/aromatic N) is 3. The van der Waals surface area contributed by atoms with Gasteiger partial charge in [0, 0.05) is 38.3 Å². The summed E-state index contributed by atoms with van der Waals surface area (Å²) >= 11 is 0. The van der Waals surface area contributed by atoms with Crippen LogP contribution >= 0.6 is 0 Å². The number of nitrogens with one attached hydrogen (secondary N) is 2. The highest BCUT2D eigenvalue weighted by Gasteiger charge is 2.03. The number of aryl methyl sites for hydroxylation is 3. The van der Waals surface area contributed by atoms with Gasteiger partial charge in [0.2, 0.25) is 0 Å². The predicted molar refractivity (Wildman–Crippen MR) is 102 cm³/mol. The molecule has 0 spiro atoms. The van der Waals surface area contributed by atoms with Gasteiger partial charge >= 0.3 is 0 Å². The molecule has 0 saturated heterocycles. The molecule has 2 aromatic heterocycles. The SMILES string of the molecule is Cc1cc(C)n(CCCNC(=NCC(C)C)NCCc2ccco2)n1. The summed E-state index contributed by atoms with van der Waals surface area (Å²) < 4.78 is 7.43. The number of furan rings is 1. The van der Waals surface area contributed by atoms with E-state index in [9.17, 15) is 0 Å². The van der Waals surface area contributed by atoms with Crippen molar-refractivity contribution in [3.8, 4) is 0 Å². The Kier molecular flexibility index (Phi) is 7.57. The Bertz CT molecular complexity index is 643. The summed E-state index contributed by atoms with van der Waals surface area (Å²) in [6, 6.07) is 6.02. The zero-order valence-corrected chi connectivity index (χ0v) is 15.9. The summed E-state index contributed by atoms with van der Waals surface area (Å²) in [5.74, 6) is 2.40. The third kappa shape index (κ3) is 7.03.